The lowest BCUT2D eigenvalue weighted by atomic mass is 10.1. The smallest absolute Gasteiger partial charge is 0.191 e. The second kappa shape index (κ2) is 14.9. The molecule has 0 aliphatic heterocycles. The third-order valence-electron chi connectivity index (χ3n) is 4.81. The molecule has 0 atom stereocenters. The summed E-state index contributed by atoms with van der Waals surface area (Å²) >= 11 is 0. The molecule has 174 valence electrons. The van der Waals surface area contributed by atoms with Gasteiger partial charge in [0.2, 0.25) is 0 Å². The summed E-state index contributed by atoms with van der Waals surface area (Å²) in [6.07, 6.45) is 3.61. The lowest BCUT2D eigenvalue weighted by Gasteiger charge is -2.13. The Hall–Kier alpha value is -1.97. The number of ether oxygens (including phenoxy) is 2. The first-order valence-corrected chi connectivity index (χ1v) is 10.9. The van der Waals surface area contributed by atoms with E-state index >= 15 is 0 Å². The quantitative estimate of drug-likeness (QED) is 0.177. The number of aromatic nitrogens is 1. The predicted molar refractivity (Wildman–Crippen MR) is 136 cm³/mol. The second-order valence-corrected chi connectivity index (χ2v) is 6.88. The molecule has 0 bridgehead atoms. The molecule has 0 unspecified atom stereocenters. The highest BCUT2D eigenvalue weighted by atomic mass is 127. The van der Waals surface area contributed by atoms with Gasteiger partial charge in [0.15, 0.2) is 17.5 Å². The van der Waals surface area contributed by atoms with Gasteiger partial charge < -0.3 is 24.6 Å². The highest BCUT2D eigenvalue weighted by Crippen LogP contribution is 2.28. The summed E-state index contributed by atoms with van der Waals surface area (Å²) < 4.78 is 16.5. The van der Waals surface area contributed by atoms with Crippen molar-refractivity contribution >= 4 is 29.9 Å². The average molecular weight is 544 g/mol. The summed E-state index contributed by atoms with van der Waals surface area (Å²) in [6.45, 7) is 11.0. The van der Waals surface area contributed by atoms with E-state index in [0.29, 0.717) is 13.2 Å². The SMILES string of the molecule is CCNC(=NCc1c(CC)noc1CC)NCCCc1ccc(OC)c(OCC)c1.I. The van der Waals surface area contributed by atoms with E-state index in [1.807, 2.05) is 13.0 Å². The van der Waals surface area contributed by atoms with Crippen molar-refractivity contribution in [1.29, 1.82) is 0 Å². The Morgan fingerprint density at radius 3 is 2.55 bits per heavy atom. The molecule has 7 nitrogen and oxygen atoms in total. The number of nitrogens with zero attached hydrogens (tertiary/aromatic N) is 2. The van der Waals surface area contributed by atoms with Crippen LogP contribution >= 0.6 is 24.0 Å². The number of benzene rings is 1. The molecule has 1 aromatic heterocycles. The molecule has 0 spiro atoms. The molecule has 0 fully saturated rings. The van der Waals surface area contributed by atoms with Crippen molar-refractivity contribution in [3.05, 3.63) is 40.8 Å². The van der Waals surface area contributed by atoms with E-state index in [2.05, 4.69) is 48.7 Å². The largest absolute Gasteiger partial charge is 0.493 e. The number of methoxy groups -OCH3 is 1. The summed E-state index contributed by atoms with van der Waals surface area (Å²) in [5, 5.41) is 10.9. The van der Waals surface area contributed by atoms with E-state index < -0.39 is 0 Å². The van der Waals surface area contributed by atoms with Gasteiger partial charge in [-0.15, -0.1) is 24.0 Å². The highest BCUT2D eigenvalue weighted by molar-refractivity contribution is 14.0. The van der Waals surface area contributed by atoms with E-state index in [9.17, 15) is 0 Å². The van der Waals surface area contributed by atoms with Gasteiger partial charge in [0, 0.05) is 25.1 Å². The fourth-order valence-electron chi connectivity index (χ4n) is 3.26. The standard InChI is InChI=1S/C23H36N4O3.HI/c1-6-19-18(20(7-2)30-27-19)16-26-23(24-8-3)25-14-10-11-17-12-13-21(28-5)22(15-17)29-9-4;/h12-13,15H,6-11,14,16H2,1-5H3,(H2,24,25,26);1H. The third-order valence-corrected chi connectivity index (χ3v) is 4.81. The first-order valence-electron chi connectivity index (χ1n) is 10.9. The Kier molecular flexibility index (Phi) is 13.0. The van der Waals surface area contributed by atoms with Gasteiger partial charge in [-0.1, -0.05) is 25.1 Å². The first-order chi connectivity index (χ1) is 14.7. The monoisotopic (exact) mass is 544 g/mol. The van der Waals surface area contributed by atoms with Crippen LogP contribution < -0.4 is 20.1 Å². The molecule has 31 heavy (non-hydrogen) atoms. The zero-order valence-corrected chi connectivity index (χ0v) is 21.7. The van der Waals surface area contributed by atoms with Crippen LogP contribution in [0.4, 0.5) is 0 Å². The fraction of sp³-hybridized carbons (Fsp3) is 0.565. The maximum absolute atomic E-state index is 5.67. The van der Waals surface area contributed by atoms with Gasteiger partial charge in [-0.2, -0.15) is 0 Å². The summed E-state index contributed by atoms with van der Waals surface area (Å²) in [6, 6.07) is 6.12. The van der Waals surface area contributed by atoms with Gasteiger partial charge >= 0.3 is 0 Å². The zero-order valence-electron chi connectivity index (χ0n) is 19.4. The first kappa shape index (κ1) is 27.1. The van der Waals surface area contributed by atoms with E-state index in [1.165, 1.54) is 5.56 Å². The summed E-state index contributed by atoms with van der Waals surface area (Å²) in [5.74, 6) is 3.31. The van der Waals surface area contributed by atoms with Crippen molar-refractivity contribution in [2.24, 2.45) is 4.99 Å². The number of hydrogen-bond donors (Lipinski definition) is 2. The van der Waals surface area contributed by atoms with Gasteiger partial charge in [-0.25, -0.2) is 4.99 Å². The van der Waals surface area contributed by atoms with Crippen molar-refractivity contribution in [2.45, 2.75) is 59.9 Å². The summed E-state index contributed by atoms with van der Waals surface area (Å²) in [7, 11) is 1.66. The van der Waals surface area contributed by atoms with Gasteiger partial charge in [-0.05, 0) is 50.8 Å². The van der Waals surface area contributed by atoms with Crippen LogP contribution in [0.15, 0.2) is 27.7 Å². The van der Waals surface area contributed by atoms with Crippen molar-refractivity contribution in [2.75, 3.05) is 26.8 Å². The fourth-order valence-corrected chi connectivity index (χ4v) is 3.26. The van der Waals surface area contributed by atoms with E-state index in [4.69, 9.17) is 19.0 Å². The van der Waals surface area contributed by atoms with Crippen LogP contribution in [0.3, 0.4) is 0 Å². The lowest BCUT2D eigenvalue weighted by molar-refractivity contribution is 0.310. The Bertz CT molecular complexity index is 787. The van der Waals surface area contributed by atoms with Crippen LogP contribution in [-0.4, -0.2) is 37.9 Å². The van der Waals surface area contributed by atoms with E-state index in [-0.39, 0.29) is 24.0 Å². The number of aryl methyl sites for hydroxylation is 3. The molecule has 0 aliphatic carbocycles. The number of rotatable bonds is 12. The number of nitrogens with one attached hydrogen (secondary N) is 2. The average Bonchev–Trinajstić information content (AvgIpc) is 3.17. The number of halogens is 1. The van der Waals surface area contributed by atoms with Gasteiger partial charge in [0.05, 0.1) is 26.0 Å². The maximum Gasteiger partial charge on any atom is 0.191 e. The van der Waals surface area contributed by atoms with Gasteiger partial charge in [0.25, 0.3) is 0 Å². The van der Waals surface area contributed by atoms with Crippen LogP contribution in [0.1, 0.15) is 56.7 Å². The molecule has 2 N–H and O–H groups in total. The molecule has 1 heterocycles. The Balaban J connectivity index is 0.00000480. The predicted octanol–water partition coefficient (Wildman–Crippen LogP) is 4.51. The summed E-state index contributed by atoms with van der Waals surface area (Å²) in [5.41, 5.74) is 3.34. The number of aliphatic imine (C=N–C) groups is 1. The van der Waals surface area contributed by atoms with Crippen molar-refractivity contribution < 1.29 is 14.0 Å². The van der Waals surface area contributed by atoms with Crippen molar-refractivity contribution in [1.82, 2.24) is 15.8 Å². The van der Waals surface area contributed by atoms with Crippen LogP contribution in [0.5, 0.6) is 11.5 Å². The van der Waals surface area contributed by atoms with E-state index in [0.717, 1.165) is 73.2 Å². The molecule has 0 aliphatic rings. The van der Waals surface area contributed by atoms with Gasteiger partial charge in [-0.3, -0.25) is 0 Å². The van der Waals surface area contributed by atoms with Crippen LogP contribution in [0.2, 0.25) is 0 Å². The second-order valence-electron chi connectivity index (χ2n) is 6.88. The Labute approximate surface area is 203 Å². The molecule has 1 aromatic carbocycles. The minimum atomic E-state index is 0. The molecular weight excluding hydrogens is 507 g/mol. The lowest BCUT2D eigenvalue weighted by Crippen LogP contribution is -2.37. The van der Waals surface area contributed by atoms with Crippen LogP contribution in [-0.2, 0) is 25.8 Å². The number of hydrogen-bond acceptors (Lipinski definition) is 5. The minimum absolute atomic E-state index is 0. The molecule has 2 rings (SSSR count). The molecule has 2 aromatic rings. The topological polar surface area (TPSA) is 80.9 Å². The molecule has 0 saturated carbocycles. The zero-order chi connectivity index (χ0) is 21.8. The molecule has 0 saturated heterocycles. The van der Waals surface area contributed by atoms with Crippen molar-refractivity contribution in [3.8, 4) is 11.5 Å². The molecule has 0 amide bonds. The summed E-state index contributed by atoms with van der Waals surface area (Å²) in [4.78, 5) is 4.74. The number of guanidine groups is 1. The van der Waals surface area contributed by atoms with Gasteiger partial charge in [0.1, 0.15) is 5.76 Å². The minimum Gasteiger partial charge on any atom is -0.493 e. The maximum atomic E-state index is 5.67. The molecule has 0 radical (unpaired) electrons. The van der Waals surface area contributed by atoms with Crippen molar-refractivity contribution in [3.63, 3.8) is 0 Å². The van der Waals surface area contributed by atoms with Crippen LogP contribution in [0, 0.1) is 0 Å². The van der Waals surface area contributed by atoms with E-state index in [1.54, 1.807) is 7.11 Å². The normalized spacial score (nSPS) is 11.1. The third kappa shape index (κ3) is 8.23. The molecular formula is C23H37IN4O3. The van der Waals surface area contributed by atoms with Crippen LogP contribution in [0.25, 0.3) is 0 Å². The highest BCUT2D eigenvalue weighted by Gasteiger charge is 2.13. The Morgan fingerprint density at radius 2 is 1.90 bits per heavy atom. The molecule has 8 heteroatoms. The Morgan fingerprint density at radius 1 is 1.10 bits per heavy atom.